The lowest BCUT2D eigenvalue weighted by molar-refractivity contribution is -0.394. The maximum absolute atomic E-state index is 13.1. The lowest BCUT2D eigenvalue weighted by Gasteiger charge is -2.27. The van der Waals surface area contributed by atoms with Crippen molar-refractivity contribution < 1.29 is 24.5 Å². The van der Waals surface area contributed by atoms with Gasteiger partial charge in [-0.05, 0) is 34.9 Å². The fourth-order valence-corrected chi connectivity index (χ4v) is 3.67. The van der Waals surface area contributed by atoms with E-state index in [0.29, 0.717) is 16.7 Å². The molecule has 0 radical (unpaired) electrons. The number of hydrazone groups is 1. The Labute approximate surface area is 215 Å². The molecule has 0 saturated heterocycles. The standard InChI is InChI=1S/C27H20N4O7/c32-26(27(33,20-9-3-1-4-10-20)21-11-5-2-6-12-21)29-28-18-19-8-7-13-23(16-19)38-25-15-14-22(30(34)35)17-24(25)31(36)37/h1-18,33H,(H,29,32)/b28-18-. The van der Waals surface area contributed by atoms with Gasteiger partial charge in [0.05, 0.1) is 22.1 Å². The van der Waals surface area contributed by atoms with Crippen LogP contribution in [-0.4, -0.2) is 27.1 Å². The van der Waals surface area contributed by atoms with Crippen molar-refractivity contribution in [2.24, 2.45) is 5.10 Å². The third-order valence-corrected chi connectivity index (χ3v) is 5.53. The number of amides is 1. The van der Waals surface area contributed by atoms with E-state index in [0.717, 1.165) is 18.2 Å². The number of carbonyl (C=O) groups is 1. The van der Waals surface area contributed by atoms with Gasteiger partial charge < -0.3 is 9.84 Å². The average molecular weight is 512 g/mol. The van der Waals surface area contributed by atoms with Gasteiger partial charge in [-0.1, -0.05) is 72.8 Å². The van der Waals surface area contributed by atoms with Crippen LogP contribution in [0.25, 0.3) is 0 Å². The van der Waals surface area contributed by atoms with Crippen molar-refractivity contribution in [1.82, 2.24) is 5.43 Å². The Morgan fingerprint density at radius 2 is 1.47 bits per heavy atom. The number of nitrogens with zero attached hydrogens (tertiary/aromatic N) is 3. The average Bonchev–Trinajstić information content (AvgIpc) is 2.93. The highest BCUT2D eigenvalue weighted by Crippen LogP contribution is 2.34. The third-order valence-electron chi connectivity index (χ3n) is 5.53. The van der Waals surface area contributed by atoms with E-state index in [9.17, 15) is 30.1 Å². The molecule has 0 atom stereocenters. The van der Waals surface area contributed by atoms with E-state index < -0.39 is 32.7 Å². The molecule has 0 aliphatic rings. The number of rotatable bonds is 9. The molecule has 0 aliphatic carbocycles. The number of benzene rings is 4. The molecule has 0 aliphatic heterocycles. The lowest BCUT2D eigenvalue weighted by atomic mass is 9.85. The fraction of sp³-hybridized carbons (Fsp3) is 0.0370. The molecule has 0 heterocycles. The minimum Gasteiger partial charge on any atom is -0.450 e. The number of nitro groups is 2. The largest absolute Gasteiger partial charge is 0.450 e. The van der Waals surface area contributed by atoms with Gasteiger partial charge in [0, 0.05) is 6.07 Å². The molecule has 0 aromatic heterocycles. The first-order valence-electron chi connectivity index (χ1n) is 11.2. The molecular weight excluding hydrogens is 492 g/mol. The van der Waals surface area contributed by atoms with E-state index in [1.807, 2.05) is 0 Å². The monoisotopic (exact) mass is 512 g/mol. The van der Waals surface area contributed by atoms with Gasteiger partial charge in [0.15, 0.2) is 5.60 Å². The molecule has 0 unspecified atom stereocenters. The van der Waals surface area contributed by atoms with Crippen LogP contribution in [0.2, 0.25) is 0 Å². The summed E-state index contributed by atoms with van der Waals surface area (Å²) in [6.45, 7) is 0. The van der Waals surface area contributed by atoms with E-state index in [4.69, 9.17) is 4.74 Å². The molecule has 4 aromatic rings. The number of hydrogen-bond donors (Lipinski definition) is 2. The second-order valence-corrected chi connectivity index (χ2v) is 7.98. The Bertz CT molecular complexity index is 1470. The smallest absolute Gasteiger partial charge is 0.318 e. The molecule has 0 bridgehead atoms. The zero-order chi connectivity index (χ0) is 27.1. The molecule has 0 saturated carbocycles. The summed E-state index contributed by atoms with van der Waals surface area (Å²) in [5, 5.41) is 37.7. The Kier molecular flexibility index (Phi) is 7.50. The topological polar surface area (TPSA) is 157 Å². The lowest BCUT2D eigenvalue weighted by Crippen LogP contribution is -2.43. The molecule has 38 heavy (non-hydrogen) atoms. The van der Waals surface area contributed by atoms with Crippen LogP contribution in [0.3, 0.4) is 0 Å². The van der Waals surface area contributed by atoms with E-state index in [2.05, 4.69) is 10.5 Å². The van der Waals surface area contributed by atoms with Crippen molar-refractivity contribution in [2.45, 2.75) is 5.60 Å². The summed E-state index contributed by atoms with van der Waals surface area (Å²) in [4.78, 5) is 33.9. The van der Waals surface area contributed by atoms with Crippen LogP contribution >= 0.6 is 0 Å². The second kappa shape index (κ2) is 11.1. The maximum Gasteiger partial charge on any atom is 0.318 e. The SMILES string of the molecule is O=C(N/N=C\c1cccc(Oc2ccc([N+](=O)[O-])cc2[N+](=O)[O-])c1)C(O)(c1ccccc1)c1ccccc1. The highest BCUT2D eigenvalue weighted by Gasteiger charge is 2.39. The summed E-state index contributed by atoms with van der Waals surface area (Å²) >= 11 is 0. The molecule has 1 amide bonds. The zero-order valence-electron chi connectivity index (χ0n) is 19.6. The van der Waals surface area contributed by atoms with Crippen molar-refractivity contribution in [1.29, 1.82) is 0 Å². The Morgan fingerprint density at radius 3 is 2.05 bits per heavy atom. The van der Waals surface area contributed by atoms with Crippen LogP contribution in [0, 0.1) is 20.2 Å². The highest BCUT2D eigenvalue weighted by molar-refractivity contribution is 5.91. The normalized spacial score (nSPS) is 11.2. The first-order valence-corrected chi connectivity index (χ1v) is 11.2. The van der Waals surface area contributed by atoms with Gasteiger partial charge in [0.1, 0.15) is 5.75 Å². The van der Waals surface area contributed by atoms with Crippen LogP contribution in [0.5, 0.6) is 11.5 Å². The number of nitro benzene ring substituents is 2. The summed E-state index contributed by atoms with van der Waals surface area (Å²) in [7, 11) is 0. The van der Waals surface area contributed by atoms with Gasteiger partial charge in [-0.3, -0.25) is 25.0 Å². The van der Waals surface area contributed by atoms with E-state index >= 15 is 0 Å². The van der Waals surface area contributed by atoms with Crippen LogP contribution in [-0.2, 0) is 10.4 Å². The van der Waals surface area contributed by atoms with Crippen molar-refractivity contribution in [3.8, 4) is 11.5 Å². The molecule has 4 aromatic carbocycles. The molecule has 11 heteroatoms. The molecule has 190 valence electrons. The predicted molar refractivity (Wildman–Crippen MR) is 138 cm³/mol. The van der Waals surface area contributed by atoms with E-state index in [1.54, 1.807) is 72.8 Å². The molecule has 0 fully saturated rings. The molecule has 2 N–H and O–H groups in total. The van der Waals surface area contributed by atoms with Crippen molar-refractivity contribution in [3.05, 3.63) is 140 Å². The summed E-state index contributed by atoms with van der Waals surface area (Å²) in [6.07, 6.45) is 1.31. The van der Waals surface area contributed by atoms with Crippen LogP contribution in [0.15, 0.2) is 108 Å². The number of non-ortho nitro benzene ring substituents is 1. The van der Waals surface area contributed by atoms with Gasteiger partial charge >= 0.3 is 5.69 Å². The number of nitrogens with one attached hydrogen (secondary N) is 1. The molecular formula is C27H20N4O7. The van der Waals surface area contributed by atoms with Gasteiger partial charge in [0.2, 0.25) is 5.75 Å². The van der Waals surface area contributed by atoms with E-state index in [1.165, 1.54) is 18.3 Å². The Morgan fingerprint density at radius 1 is 0.842 bits per heavy atom. The summed E-state index contributed by atoms with van der Waals surface area (Å²) < 4.78 is 5.59. The minimum atomic E-state index is -2.00. The van der Waals surface area contributed by atoms with Crippen molar-refractivity contribution in [3.63, 3.8) is 0 Å². The molecule has 4 rings (SSSR count). The van der Waals surface area contributed by atoms with Crippen LogP contribution in [0.4, 0.5) is 11.4 Å². The Balaban J connectivity index is 1.53. The second-order valence-electron chi connectivity index (χ2n) is 7.98. The predicted octanol–water partition coefficient (Wildman–Crippen LogP) is 4.68. The van der Waals surface area contributed by atoms with Crippen LogP contribution in [0.1, 0.15) is 16.7 Å². The summed E-state index contributed by atoms with van der Waals surface area (Å²) in [5.74, 6) is -0.763. The molecule has 0 spiro atoms. The summed E-state index contributed by atoms with van der Waals surface area (Å²) in [5.41, 5.74) is 0.552. The fourth-order valence-electron chi connectivity index (χ4n) is 3.67. The third kappa shape index (κ3) is 5.53. The first kappa shape index (κ1) is 25.7. The van der Waals surface area contributed by atoms with Gasteiger partial charge in [-0.2, -0.15) is 5.10 Å². The highest BCUT2D eigenvalue weighted by atomic mass is 16.6. The minimum absolute atomic E-state index is 0.182. The van der Waals surface area contributed by atoms with Crippen molar-refractivity contribution in [2.75, 3.05) is 0 Å². The van der Waals surface area contributed by atoms with Gasteiger partial charge in [-0.25, -0.2) is 5.43 Å². The maximum atomic E-state index is 13.1. The van der Waals surface area contributed by atoms with E-state index in [-0.39, 0.29) is 11.5 Å². The van der Waals surface area contributed by atoms with Gasteiger partial charge in [0.25, 0.3) is 11.6 Å². The first-order chi connectivity index (χ1) is 18.3. The van der Waals surface area contributed by atoms with Gasteiger partial charge in [-0.15, -0.1) is 0 Å². The summed E-state index contributed by atoms with van der Waals surface area (Å²) in [6, 6.07) is 26.2. The quantitative estimate of drug-likeness (QED) is 0.187. The number of aliphatic hydroxyl groups is 1. The number of carbonyl (C=O) groups excluding carboxylic acids is 1. The Hall–Kier alpha value is -5.42. The number of hydrogen-bond acceptors (Lipinski definition) is 8. The van der Waals surface area contributed by atoms with Crippen LogP contribution < -0.4 is 10.2 Å². The zero-order valence-corrected chi connectivity index (χ0v) is 19.6. The van der Waals surface area contributed by atoms with Crippen molar-refractivity contribution >= 4 is 23.5 Å². The number of ether oxygens (including phenoxy) is 1. The molecule has 11 nitrogen and oxygen atoms in total.